The number of carbonyl (C=O) groups excluding carboxylic acids is 1. The Morgan fingerprint density at radius 2 is 2.08 bits per heavy atom. The van der Waals surface area contributed by atoms with Crippen molar-refractivity contribution < 1.29 is 9.53 Å². The van der Waals surface area contributed by atoms with Gasteiger partial charge < -0.3 is 14.5 Å². The summed E-state index contributed by atoms with van der Waals surface area (Å²) in [5.74, 6) is 0.708. The van der Waals surface area contributed by atoms with E-state index < -0.39 is 0 Å². The average Bonchev–Trinajstić information content (AvgIpc) is 2.99. The van der Waals surface area contributed by atoms with Gasteiger partial charge in [0.05, 0.1) is 12.3 Å². The fourth-order valence-electron chi connectivity index (χ4n) is 2.43. The molecule has 0 saturated heterocycles. The first-order chi connectivity index (χ1) is 11.7. The van der Waals surface area contributed by atoms with E-state index in [-0.39, 0.29) is 5.91 Å². The zero-order valence-electron chi connectivity index (χ0n) is 13.3. The molecule has 5 nitrogen and oxygen atoms in total. The maximum Gasteiger partial charge on any atom is 0.251 e. The summed E-state index contributed by atoms with van der Waals surface area (Å²) in [6, 6.07) is 11.3. The van der Waals surface area contributed by atoms with Crippen LogP contribution < -0.4 is 10.1 Å². The molecular formula is C18H18IN3O2. The quantitative estimate of drug-likeness (QED) is 0.605. The molecule has 0 radical (unpaired) electrons. The van der Waals surface area contributed by atoms with Gasteiger partial charge in [-0.3, -0.25) is 4.79 Å². The molecule has 0 spiro atoms. The predicted molar refractivity (Wildman–Crippen MR) is 102 cm³/mol. The van der Waals surface area contributed by atoms with E-state index in [1.165, 1.54) is 0 Å². The standard InChI is InChI=1S/C18H18IN3O2/c1-2-24-16-4-3-11-22-12-15(21-17(16)22)9-10-20-18(23)13-5-7-14(19)8-6-13/h3-8,11-12H,2,9-10H2,1H3,(H,20,23). The molecule has 6 heteroatoms. The second-order valence-electron chi connectivity index (χ2n) is 5.28. The maximum absolute atomic E-state index is 12.1. The van der Waals surface area contributed by atoms with Crippen molar-refractivity contribution in [2.24, 2.45) is 0 Å². The summed E-state index contributed by atoms with van der Waals surface area (Å²) in [6.07, 6.45) is 4.58. The van der Waals surface area contributed by atoms with Crippen LogP contribution in [0.25, 0.3) is 5.65 Å². The molecule has 0 fully saturated rings. The summed E-state index contributed by atoms with van der Waals surface area (Å²) in [5, 5.41) is 2.93. The van der Waals surface area contributed by atoms with Gasteiger partial charge in [0.15, 0.2) is 11.4 Å². The van der Waals surface area contributed by atoms with E-state index in [2.05, 4.69) is 32.9 Å². The van der Waals surface area contributed by atoms with E-state index in [1.54, 1.807) is 0 Å². The summed E-state index contributed by atoms with van der Waals surface area (Å²) in [6.45, 7) is 3.10. The van der Waals surface area contributed by atoms with Gasteiger partial charge >= 0.3 is 0 Å². The molecule has 1 amide bonds. The second kappa shape index (κ2) is 7.65. The molecule has 3 rings (SSSR count). The largest absolute Gasteiger partial charge is 0.490 e. The van der Waals surface area contributed by atoms with Crippen molar-refractivity contribution >= 4 is 34.1 Å². The van der Waals surface area contributed by atoms with Crippen LogP contribution in [0.5, 0.6) is 5.75 Å². The number of hydrogen-bond acceptors (Lipinski definition) is 3. The zero-order chi connectivity index (χ0) is 16.9. The predicted octanol–water partition coefficient (Wildman–Crippen LogP) is 3.31. The van der Waals surface area contributed by atoms with Crippen molar-refractivity contribution in [3.63, 3.8) is 0 Å². The Labute approximate surface area is 154 Å². The zero-order valence-corrected chi connectivity index (χ0v) is 15.5. The van der Waals surface area contributed by atoms with Gasteiger partial charge in [-0.1, -0.05) is 0 Å². The number of carbonyl (C=O) groups is 1. The fraction of sp³-hybridized carbons (Fsp3) is 0.222. The van der Waals surface area contributed by atoms with Crippen LogP contribution >= 0.6 is 22.6 Å². The Hall–Kier alpha value is -2.09. The molecule has 1 N–H and O–H groups in total. The van der Waals surface area contributed by atoms with Gasteiger partial charge in [-0.05, 0) is 65.9 Å². The molecule has 24 heavy (non-hydrogen) atoms. The van der Waals surface area contributed by atoms with Gasteiger partial charge in [0, 0.05) is 34.5 Å². The van der Waals surface area contributed by atoms with E-state index in [4.69, 9.17) is 4.74 Å². The molecule has 0 saturated carbocycles. The molecular weight excluding hydrogens is 417 g/mol. The molecule has 0 atom stereocenters. The van der Waals surface area contributed by atoms with Crippen molar-refractivity contribution in [2.75, 3.05) is 13.2 Å². The summed E-state index contributed by atoms with van der Waals surface area (Å²) in [5.41, 5.74) is 2.40. The van der Waals surface area contributed by atoms with Crippen LogP contribution in [0.3, 0.4) is 0 Å². The highest BCUT2D eigenvalue weighted by atomic mass is 127. The Bertz CT molecular complexity index is 843. The van der Waals surface area contributed by atoms with E-state index in [1.807, 2.05) is 60.1 Å². The first-order valence-electron chi connectivity index (χ1n) is 7.80. The van der Waals surface area contributed by atoms with Crippen LogP contribution in [0.15, 0.2) is 48.8 Å². The van der Waals surface area contributed by atoms with Crippen LogP contribution in [0.2, 0.25) is 0 Å². The van der Waals surface area contributed by atoms with Gasteiger partial charge in [-0.2, -0.15) is 0 Å². The first kappa shape index (κ1) is 16.8. The number of benzene rings is 1. The van der Waals surface area contributed by atoms with E-state index in [9.17, 15) is 4.79 Å². The smallest absolute Gasteiger partial charge is 0.251 e. The van der Waals surface area contributed by atoms with Crippen LogP contribution in [-0.4, -0.2) is 28.4 Å². The summed E-state index contributed by atoms with van der Waals surface area (Å²) in [4.78, 5) is 16.7. The minimum Gasteiger partial charge on any atom is -0.490 e. The van der Waals surface area contributed by atoms with Crippen LogP contribution in [0.4, 0.5) is 0 Å². The fourth-order valence-corrected chi connectivity index (χ4v) is 2.79. The second-order valence-corrected chi connectivity index (χ2v) is 6.53. The highest BCUT2D eigenvalue weighted by Gasteiger charge is 2.08. The topological polar surface area (TPSA) is 55.6 Å². The Kier molecular flexibility index (Phi) is 5.34. The number of rotatable bonds is 6. The van der Waals surface area contributed by atoms with Gasteiger partial charge in [0.1, 0.15) is 0 Å². The molecule has 2 aromatic heterocycles. The van der Waals surface area contributed by atoms with Crippen molar-refractivity contribution in [3.8, 4) is 5.75 Å². The third-order valence-corrected chi connectivity index (χ3v) is 4.29. The van der Waals surface area contributed by atoms with Crippen LogP contribution in [0, 0.1) is 3.57 Å². The number of amides is 1. The van der Waals surface area contributed by atoms with Crippen LogP contribution in [-0.2, 0) is 6.42 Å². The lowest BCUT2D eigenvalue weighted by Crippen LogP contribution is -2.25. The molecule has 0 aliphatic heterocycles. The van der Waals surface area contributed by atoms with Crippen molar-refractivity contribution in [1.29, 1.82) is 0 Å². The molecule has 2 heterocycles. The Morgan fingerprint density at radius 1 is 1.29 bits per heavy atom. The maximum atomic E-state index is 12.1. The molecule has 124 valence electrons. The minimum atomic E-state index is -0.0647. The van der Waals surface area contributed by atoms with E-state index in [0.29, 0.717) is 25.1 Å². The van der Waals surface area contributed by atoms with Crippen molar-refractivity contribution in [2.45, 2.75) is 13.3 Å². The lowest BCUT2D eigenvalue weighted by Gasteiger charge is -2.04. The number of ether oxygens (including phenoxy) is 1. The lowest BCUT2D eigenvalue weighted by molar-refractivity contribution is 0.0954. The minimum absolute atomic E-state index is 0.0647. The summed E-state index contributed by atoms with van der Waals surface area (Å²) in [7, 11) is 0. The molecule has 1 aromatic carbocycles. The number of fused-ring (bicyclic) bond motifs is 1. The SMILES string of the molecule is CCOc1cccn2cc(CCNC(=O)c3ccc(I)cc3)nc12. The normalized spacial score (nSPS) is 10.8. The number of nitrogens with one attached hydrogen (secondary N) is 1. The average molecular weight is 435 g/mol. The summed E-state index contributed by atoms with van der Waals surface area (Å²) >= 11 is 2.22. The Morgan fingerprint density at radius 3 is 2.83 bits per heavy atom. The molecule has 3 aromatic rings. The van der Waals surface area contributed by atoms with Gasteiger partial charge in [-0.15, -0.1) is 0 Å². The number of pyridine rings is 1. The molecule has 0 bridgehead atoms. The lowest BCUT2D eigenvalue weighted by atomic mass is 10.2. The van der Waals surface area contributed by atoms with Crippen molar-refractivity contribution in [1.82, 2.24) is 14.7 Å². The highest BCUT2D eigenvalue weighted by Crippen LogP contribution is 2.19. The molecule has 0 aliphatic carbocycles. The highest BCUT2D eigenvalue weighted by molar-refractivity contribution is 14.1. The number of nitrogens with zero attached hydrogens (tertiary/aromatic N) is 2. The summed E-state index contributed by atoms with van der Waals surface area (Å²) < 4.78 is 8.64. The monoisotopic (exact) mass is 435 g/mol. The molecule has 0 aliphatic rings. The van der Waals surface area contributed by atoms with Gasteiger partial charge in [-0.25, -0.2) is 4.98 Å². The third-order valence-electron chi connectivity index (χ3n) is 3.57. The molecule has 0 unspecified atom stereocenters. The number of aromatic nitrogens is 2. The van der Waals surface area contributed by atoms with E-state index in [0.717, 1.165) is 20.7 Å². The van der Waals surface area contributed by atoms with Gasteiger partial charge in [0.25, 0.3) is 5.91 Å². The van der Waals surface area contributed by atoms with E-state index >= 15 is 0 Å². The third kappa shape index (κ3) is 3.87. The van der Waals surface area contributed by atoms with Gasteiger partial charge in [0.2, 0.25) is 0 Å². The number of imidazole rings is 1. The Balaban J connectivity index is 1.62. The first-order valence-corrected chi connectivity index (χ1v) is 8.88. The van der Waals surface area contributed by atoms with Crippen molar-refractivity contribution in [3.05, 3.63) is 63.6 Å². The van der Waals surface area contributed by atoms with Crippen LogP contribution in [0.1, 0.15) is 23.0 Å². The number of hydrogen-bond donors (Lipinski definition) is 1. The number of halogens is 1.